The van der Waals surface area contributed by atoms with Crippen LogP contribution in [0.4, 0.5) is 0 Å². The molecule has 238 valence electrons. The molecule has 18 nitrogen and oxygen atoms in total. The lowest BCUT2D eigenvalue weighted by Crippen LogP contribution is -2.59. The van der Waals surface area contributed by atoms with Crippen molar-refractivity contribution in [3.8, 4) is 0 Å². The summed E-state index contributed by atoms with van der Waals surface area (Å²) < 4.78 is 62.5. The SMILES string of the molecule is CC1O[C@@H](COCC2C(COC[C@@H]3OC(C(=O)O)=C[C@@H](O)C3O)C(O)OC(CO)[C@H]2O)C(O)C(OS(=O)(=O)O)[C@@H]1O. The maximum atomic E-state index is 11.2. The van der Waals surface area contributed by atoms with E-state index >= 15 is 0 Å². The zero-order valence-electron chi connectivity index (χ0n) is 21.7. The van der Waals surface area contributed by atoms with E-state index in [1.165, 1.54) is 6.92 Å². The molecule has 0 aromatic rings. The van der Waals surface area contributed by atoms with Gasteiger partial charge in [0.25, 0.3) is 0 Å². The van der Waals surface area contributed by atoms with Crippen molar-refractivity contribution in [3.63, 3.8) is 0 Å². The average molecular weight is 621 g/mol. The van der Waals surface area contributed by atoms with Crippen LogP contribution < -0.4 is 0 Å². The molecule has 3 aliphatic rings. The van der Waals surface area contributed by atoms with Crippen molar-refractivity contribution in [2.75, 3.05) is 33.0 Å². The summed E-state index contributed by atoms with van der Waals surface area (Å²) in [4.78, 5) is 11.2. The van der Waals surface area contributed by atoms with Crippen LogP contribution in [0.5, 0.6) is 0 Å². The third-order valence-corrected chi connectivity index (χ3v) is 7.58. The van der Waals surface area contributed by atoms with Gasteiger partial charge in [0.1, 0.15) is 42.7 Å². The number of carboxylic acid groups (broad SMARTS) is 1. The smallest absolute Gasteiger partial charge is 0.397 e. The third kappa shape index (κ3) is 8.51. The minimum atomic E-state index is -5.03. The highest BCUT2D eigenvalue weighted by Crippen LogP contribution is 2.32. The van der Waals surface area contributed by atoms with Crippen molar-refractivity contribution in [1.82, 2.24) is 0 Å². The molecule has 0 radical (unpaired) electrons. The van der Waals surface area contributed by atoms with E-state index in [-0.39, 0.29) is 13.2 Å². The van der Waals surface area contributed by atoms with Gasteiger partial charge in [-0.15, -0.1) is 0 Å². The van der Waals surface area contributed by atoms with E-state index < -0.39 is 121 Å². The highest BCUT2D eigenvalue weighted by Gasteiger charge is 2.47. The number of hydrogen-bond donors (Lipinski definition) is 9. The van der Waals surface area contributed by atoms with Crippen molar-refractivity contribution in [2.24, 2.45) is 11.8 Å². The highest BCUT2D eigenvalue weighted by atomic mass is 32.3. The van der Waals surface area contributed by atoms with Crippen LogP contribution in [0.15, 0.2) is 11.8 Å². The van der Waals surface area contributed by atoms with Gasteiger partial charge in [-0.1, -0.05) is 0 Å². The molecule has 3 rings (SSSR count). The molecule has 0 saturated carbocycles. The maximum Gasteiger partial charge on any atom is 0.397 e. The van der Waals surface area contributed by atoms with Crippen LogP contribution in [0, 0.1) is 11.8 Å². The molecule has 9 N–H and O–H groups in total. The van der Waals surface area contributed by atoms with Crippen LogP contribution >= 0.6 is 0 Å². The molecule has 41 heavy (non-hydrogen) atoms. The second-order valence-corrected chi connectivity index (χ2v) is 11.0. The van der Waals surface area contributed by atoms with Gasteiger partial charge in [0.2, 0.25) is 5.76 Å². The van der Waals surface area contributed by atoms with Crippen LogP contribution in [-0.4, -0.2) is 160 Å². The number of aliphatic carboxylic acids is 1. The number of ether oxygens (including phenoxy) is 5. The molecule has 3 heterocycles. The van der Waals surface area contributed by atoms with Crippen LogP contribution in [0.1, 0.15) is 6.92 Å². The van der Waals surface area contributed by atoms with Crippen molar-refractivity contribution in [2.45, 2.75) is 74.3 Å². The Labute approximate surface area is 234 Å². The Bertz CT molecular complexity index is 1010. The van der Waals surface area contributed by atoms with Crippen molar-refractivity contribution in [1.29, 1.82) is 0 Å². The van der Waals surface area contributed by atoms with E-state index in [1.807, 2.05) is 0 Å². The summed E-state index contributed by atoms with van der Waals surface area (Å²) in [6, 6.07) is 0. The van der Waals surface area contributed by atoms with Gasteiger partial charge in [-0.25, -0.2) is 8.98 Å². The molecule has 3 aliphatic heterocycles. The Hall–Kier alpha value is -1.56. The summed E-state index contributed by atoms with van der Waals surface area (Å²) >= 11 is 0. The molecule has 0 spiro atoms. The Morgan fingerprint density at radius 2 is 1.46 bits per heavy atom. The second-order valence-electron chi connectivity index (χ2n) is 9.96. The van der Waals surface area contributed by atoms with E-state index in [9.17, 15) is 49.0 Å². The fourth-order valence-electron chi connectivity index (χ4n) is 4.83. The average Bonchev–Trinajstić information content (AvgIpc) is 2.89. The molecule has 0 aliphatic carbocycles. The molecule has 19 heteroatoms. The summed E-state index contributed by atoms with van der Waals surface area (Å²) in [6.45, 7) is -0.853. The summed E-state index contributed by atoms with van der Waals surface area (Å²) in [5, 5.41) is 80.5. The van der Waals surface area contributed by atoms with Crippen molar-refractivity contribution >= 4 is 16.4 Å². The Balaban J connectivity index is 1.63. The molecular formula is C22H36O18S. The summed E-state index contributed by atoms with van der Waals surface area (Å²) in [7, 11) is -5.03. The molecular weight excluding hydrogens is 584 g/mol. The van der Waals surface area contributed by atoms with Crippen LogP contribution in [0.2, 0.25) is 0 Å². The first-order chi connectivity index (χ1) is 19.1. The maximum absolute atomic E-state index is 11.2. The van der Waals surface area contributed by atoms with Gasteiger partial charge in [0.05, 0.1) is 45.2 Å². The van der Waals surface area contributed by atoms with Gasteiger partial charge >= 0.3 is 16.4 Å². The van der Waals surface area contributed by atoms with E-state index in [4.69, 9.17) is 33.3 Å². The molecule has 0 aromatic heterocycles. The predicted octanol–water partition coefficient (Wildman–Crippen LogP) is -4.89. The lowest BCUT2D eigenvalue weighted by molar-refractivity contribution is -0.273. The molecule has 0 aromatic carbocycles. The molecule has 0 bridgehead atoms. The Kier molecular flexibility index (Phi) is 11.8. The van der Waals surface area contributed by atoms with E-state index in [2.05, 4.69) is 4.18 Å². The number of rotatable bonds is 12. The minimum Gasteiger partial charge on any atom is -0.478 e. The standard InChI is InChI=1S/C22H36O18S/c1-8-16(25)20(40-41(32,33)34)19(28)15(37-8)7-35-4-9-10(22(31)39-13(3-23)17(9)26)5-36-6-14-18(27)11(24)2-12(38-14)21(29)30/h2,8-11,13-20,22-28,31H,3-7H2,1H3,(H,29,30)(H,32,33,34)/t8?,9?,10?,11-,13?,14+,15+,16-,17+,18?,19?,20?,22?/m1/s1. The first-order valence-electron chi connectivity index (χ1n) is 12.6. The zero-order chi connectivity index (χ0) is 30.6. The van der Waals surface area contributed by atoms with Gasteiger partial charge in [-0.2, -0.15) is 8.42 Å². The van der Waals surface area contributed by atoms with Crippen molar-refractivity contribution < 1.29 is 86.5 Å². The third-order valence-electron chi connectivity index (χ3n) is 7.11. The number of aliphatic hydroxyl groups excluding tert-OH is 7. The first kappa shape index (κ1) is 33.9. The van der Waals surface area contributed by atoms with E-state index in [0.29, 0.717) is 0 Å². The highest BCUT2D eigenvalue weighted by molar-refractivity contribution is 7.80. The topological polar surface area (TPSA) is 289 Å². The van der Waals surface area contributed by atoms with Gasteiger partial charge < -0.3 is 64.5 Å². The summed E-state index contributed by atoms with van der Waals surface area (Å²) in [6.07, 6.45) is -15.2. The van der Waals surface area contributed by atoms with Crippen molar-refractivity contribution in [3.05, 3.63) is 11.8 Å². The molecule has 13 atom stereocenters. The van der Waals surface area contributed by atoms with Gasteiger partial charge in [-0.05, 0) is 13.0 Å². The zero-order valence-corrected chi connectivity index (χ0v) is 22.5. The van der Waals surface area contributed by atoms with Crippen LogP contribution in [0.25, 0.3) is 0 Å². The number of carboxylic acids is 1. The number of aliphatic hydroxyl groups is 7. The van der Waals surface area contributed by atoms with Crippen LogP contribution in [-0.2, 0) is 43.1 Å². The molecule has 2 saturated heterocycles. The van der Waals surface area contributed by atoms with Gasteiger partial charge in [-0.3, -0.25) is 4.55 Å². The summed E-state index contributed by atoms with van der Waals surface area (Å²) in [5.41, 5.74) is 0. The summed E-state index contributed by atoms with van der Waals surface area (Å²) in [5.74, 6) is -4.05. The van der Waals surface area contributed by atoms with E-state index in [0.717, 1.165) is 6.08 Å². The van der Waals surface area contributed by atoms with Crippen LogP contribution in [0.3, 0.4) is 0 Å². The Morgan fingerprint density at radius 1 is 0.854 bits per heavy atom. The predicted molar refractivity (Wildman–Crippen MR) is 128 cm³/mol. The Morgan fingerprint density at radius 3 is 2.05 bits per heavy atom. The number of hydrogen-bond acceptors (Lipinski definition) is 16. The fraction of sp³-hybridized carbons (Fsp3) is 0.864. The lowest BCUT2D eigenvalue weighted by atomic mass is 9.83. The van der Waals surface area contributed by atoms with Gasteiger partial charge in [0.15, 0.2) is 12.4 Å². The molecule has 2 fully saturated rings. The molecule has 0 amide bonds. The lowest BCUT2D eigenvalue weighted by Gasteiger charge is -2.43. The fourth-order valence-corrected chi connectivity index (χ4v) is 5.34. The number of carbonyl (C=O) groups is 1. The monoisotopic (exact) mass is 620 g/mol. The largest absolute Gasteiger partial charge is 0.478 e. The first-order valence-corrected chi connectivity index (χ1v) is 13.9. The normalized spacial score (nSPS) is 41.9. The van der Waals surface area contributed by atoms with Gasteiger partial charge in [0, 0.05) is 11.8 Å². The second kappa shape index (κ2) is 14.3. The molecule has 8 unspecified atom stereocenters. The quantitative estimate of drug-likeness (QED) is 0.0924. The van der Waals surface area contributed by atoms with E-state index in [1.54, 1.807) is 0 Å². The minimum absolute atomic E-state index is 0.341.